The Balaban J connectivity index is 1.55. The predicted molar refractivity (Wildman–Crippen MR) is 119 cm³/mol. The van der Waals surface area contributed by atoms with E-state index in [0.29, 0.717) is 61.5 Å². The molecule has 11 nitrogen and oxygen atoms in total. The van der Waals surface area contributed by atoms with Gasteiger partial charge in [0.25, 0.3) is 0 Å². The van der Waals surface area contributed by atoms with Gasteiger partial charge in [-0.1, -0.05) is 0 Å². The molecule has 1 unspecified atom stereocenters. The fourth-order valence-corrected chi connectivity index (χ4v) is 3.93. The average molecular weight is 449 g/mol. The number of nitrogens with zero attached hydrogens (tertiary/aromatic N) is 4. The molecule has 0 bridgehead atoms. The summed E-state index contributed by atoms with van der Waals surface area (Å²) < 4.78 is 5.37. The predicted octanol–water partition coefficient (Wildman–Crippen LogP) is 1.59. The molecule has 0 saturated carbocycles. The van der Waals surface area contributed by atoms with Crippen LogP contribution in [0.4, 0.5) is 22.1 Å². The summed E-state index contributed by atoms with van der Waals surface area (Å²) in [5, 5.41) is 18.0. The van der Waals surface area contributed by atoms with Gasteiger partial charge in [-0.3, -0.25) is 19.8 Å². The van der Waals surface area contributed by atoms with E-state index >= 15 is 0 Å². The van der Waals surface area contributed by atoms with Crippen molar-refractivity contribution >= 4 is 36.1 Å². The second-order valence-corrected chi connectivity index (χ2v) is 7.75. The minimum atomic E-state index is -0.438. The summed E-state index contributed by atoms with van der Waals surface area (Å²) in [7, 11) is 0. The number of nitrogens with one attached hydrogen (secondary N) is 3. The Bertz CT molecular complexity index is 1110. The van der Waals surface area contributed by atoms with Gasteiger partial charge in [-0.05, 0) is 30.9 Å². The molecule has 0 aliphatic carbocycles. The third kappa shape index (κ3) is 4.91. The molecule has 4 heterocycles. The number of amides is 3. The number of fused-ring (bicyclic) bond motifs is 1. The molecule has 0 radical (unpaired) electrons. The van der Waals surface area contributed by atoms with E-state index < -0.39 is 6.03 Å². The molecule has 1 atom stereocenters. The minimum absolute atomic E-state index is 0.0888. The Morgan fingerprint density at radius 1 is 1.36 bits per heavy atom. The fourth-order valence-electron chi connectivity index (χ4n) is 3.93. The maximum absolute atomic E-state index is 13.1. The maximum Gasteiger partial charge on any atom is 0.328 e. The monoisotopic (exact) mass is 449 g/mol. The molecule has 33 heavy (non-hydrogen) atoms. The van der Waals surface area contributed by atoms with Crippen molar-refractivity contribution in [1.29, 1.82) is 5.26 Å². The maximum atomic E-state index is 13.1. The van der Waals surface area contributed by atoms with E-state index in [-0.39, 0.29) is 24.1 Å². The van der Waals surface area contributed by atoms with Crippen LogP contribution < -0.4 is 20.9 Å². The zero-order valence-electron chi connectivity index (χ0n) is 17.8. The van der Waals surface area contributed by atoms with Gasteiger partial charge in [0.1, 0.15) is 23.4 Å². The van der Waals surface area contributed by atoms with Crippen LogP contribution in [0.5, 0.6) is 0 Å². The number of carbonyl (C=O) groups excluding carboxylic acids is 3. The van der Waals surface area contributed by atoms with Gasteiger partial charge in [-0.15, -0.1) is 0 Å². The molecular weight excluding hydrogens is 426 g/mol. The Morgan fingerprint density at radius 2 is 2.24 bits per heavy atom. The van der Waals surface area contributed by atoms with Crippen molar-refractivity contribution in [2.24, 2.45) is 0 Å². The molecule has 0 aromatic carbocycles. The van der Waals surface area contributed by atoms with Crippen molar-refractivity contribution in [1.82, 2.24) is 15.3 Å². The molecule has 2 aromatic heterocycles. The van der Waals surface area contributed by atoms with E-state index in [1.165, 1.54) is 11.1 Å². The number of ether oxygens (including phenoxy) is 1. The van der Waals surface area contributed by atoms with Crippen molar-refractivity contribution in [2.75, 3.05) is 35.3 Å². The van der Waals surface area contributed by atoms with Gasteiger partial charge in [0.15, 0.2) is 6.29 Å². The number of rotatable bonds is 7. The second kappa shape index (κ2) is 10.1. The van der Waals surface area contributed by atoms with Crippen LogP contribution in [0.25, 0.3) is 0 Å². The smallest absolute Gasteiger partial charge is 0.328 e. The number of pyridine rings is 2. The number of hydrogen-bond acceptors (Lipinski definition) is 8. The molecule has 0 spiro atoms. The molecule has 1 saturated heterocycles. The van der Waals surface area contributed by atoms with E-state index in [2.05, 4.69) is 32.0 Å². The van der Waals surface area contributed by atoms with Crippen LogP contribution in [-0.4, -0.2) is 54.5 Å². The first kappa shape index (κ1) is 22.2. The Labute approximate surface area is 190 Å². The summed E-state index contributed by atoms with van der Waals surface area (Å²) in [5.41, 5.74) is 2.53. The lowest BCUT2D eigenvalue weighted by Crippen LogP contribution is -2.40. The zero-order valence-corrected chi connectivity index (χ0v) is 17.8. The summed E-state index contributed by atoms with van der Waals surface area (Å²) >= 11 is 0. The number of hydrogen-bond donors (Lipinski definition) is 3. The average Bonchev–Trinajstić information content (AvgIpc) is 3.35. The summed E-state index contributed by atoms with van der Waals surface area (Å²) in [4.78, 5) is 45.3. The van der Waals surface area contributed by atoms with Crippen LogP contribution in [-0.2, 0) is 22.5 Å². The highest BCUT2D eigenvalue weighted by Crippen LogP contribution is 2.28. The summed E-state index contributed by atoms with van der Waals surface area (Å²) in [5.74, 6) is 0.695. The van der Waals surface area contributed by atoms with E-state index in [0.717, 1.165) is 18.4 Å². The summed E-state index contributed by atoms with van der Waals surface area (Å²) in [6, 6.07) is 5.17. The first-order valence-corrected chi connectivity index (χ1v) is 10.6. The molecule has 11 heteroatoms. The van der Waals surface area contributed by atoms with Crippen molar-refractivity contribution in [3.8, 4) is 6.07 Å². The summed E-state index contributed by atoms with van der Waals surface area (Å²) in [6.45, 7) is 1.82. The highest BCUT2D eigenvalue weighted by molar-refractivity contribution is 6.01. The van der Waals surface area contributed by atoms with Crippen molar-refractivity contribution in [2.45, 2.75) is 31.8 Å². The second-order valence-electron chi connectivity index (χ2n) is 7.75. The van der Waals surface area contributed by atoms with Crippen LogP contribution in [0.2, 0.25) is 0 Å². The van der Waals surface area contributed by atoms with Gasteiger partial charge < -0.3 is 15.4 Å². The number of aldehydes is 1. The Hall–Kier alpha value is -4.04. The van der Waals surface area contributed by atoms with Crippen LogP contribution in [0.1, 0.15) is 40.0 Å². The fraction of sp³-hybridized carbons (Fsp3) is 0.364. The lowest BCUT2D eigenvalue weighted by molar-refractivity contribution is -0.109. The topological polar surface area (TPSA) is 149 Å². The molecule has 2 aliphatic heterocycles. The number of anilines is 3. The van der Waals surface area contributed by atoms with Gasteiger partial charge in [0, 0.05) is 37.5 Å². The quantitative estimate of drug-likeness (QED) is 0.540. The standard InChI is InChI=1S/C22H23N7O4/c23-8-16-10-25-20(7-18(16)26-17-3-5-33-12-17)28-22(32)29-4-1-2-14-6-15(9-24-13-31)19(11-30)27-21(14)29/h6-7,10-11,13,17H,1-5,9,12H2,(H,24,31)(H2,25,26,28,32). The Kier molecular flexibility index (Phi) is 6.75. The van der Waals surface area contributed by atoms with E-state index in [1.807, 2.05) is 0 Å². The largest absolute Gasteiger partial charge is 0.379 e. The molecule has 1 fully saturated rings. The number of nitriles is 1. The number of aryl methyl sites for hydroxylation is 1. The third-order valence-electron chi connectivity index (χ3n) is 5.56. The van der Waals surface area contributed by atoms with Crippen LogP contribution in [0, 0.1) is 11.3 Å². The van der Waals surface area contributed by atoms with Gasteiger partial charge in [0.2, 0.25) is 6.41 Å². The van der Waals surface area contributed by atoms with Crippen LogP contribution in [0.15, 0.2) is 18.3 Å². The van der Waals surface area contributed by atoms with Crippen LogP contribution >= 0.6 is 0 Å². The highest BCUT2D eigenvalue weighted by atomic mass is 16.5. The molecule has 3 amide bonds. The lowest BCUT2D eigenvalue weighted by atomic mass is 10.0. The van der Waals surface area contributed by atoms with Gasteiger partial charge in [-0.2, -0.15) is 5.26 Å². The first-order chi connectivity index (χ1) is 16.1. The number of urea groups is 1. The number of aromatic nitrogens is 2. The molecule has 4 rings (SSSR count). The first-order valence-electron chi connectivity index (χ1n) is 10.6. The molecule has 170 valence electrons. The highest BCUT2D eigenvalue weighted by Gasteiger charge is 2.26. The summed E-state index contributed by atoms with van der Waals surface area (Å²) in [6.07, 6.45) is 4.83. The van der Waals surface area contributed by atoms with Gasteiger partial charge in [0.05, 0.1) is 23.9 Å². The van der Waals surface area contributed by atoms with Crippen molar-refractivity contribution < 1.29 is 19.1 Å². The van der Waals surface area contributed by atoms with E-state index in [9.17, 15) is 19.6 Å². The zero-order chi connectivity index (χ0) is 23.2. The minimum Gasteiger partial charge on any atom is -0.379 e. The van der Waals surface area contributed by atoms with E-state index in [1.54, 1.807) is 12.1 Å². The third-order valence-corrected chi connectivity index (χ3v) is 5.56. The molecule has 2 aromatic rings. The Morgan fingerprint density at radius 3 is 2.97 bits per heavy atom. The van der Waals surface area contributed by atoms with E-state index in [4.69, 9.17) is 4.74 Å². The number of carbonyl (C=O) groups is 3. The molecule has 2 aliphatic rings. The van der Waals surface area contributed by atoms with Crippen molar-refractivity contribution in [3.63, 3.8) is 0 Å². The lowest BCUT2D eigenvalue weighted by Gasteiger charge is -2.29. The van der Waals surface area contributed by atoms with Gasteiger partial charge >= 0.3 is 6.03 Å². The normalized spacial score (nSPS) is 16.9. The molecule has 3 N–H and O–H groups in total. The van der Waals surface area contributed by atoms with Crippen LogP contribution in [0.3, 0.4) is 0 Å². The van der Waals surface area contributed by atoms with Crippen molar-refractivity contribution in [3.05, 3.63) is 40.7 Å². The van der Waals surface area contributed by atoms with Gasteiger partial charge in [-0.25, -0.2) is 14.8 Å². The molecular formula is C22H23N7O4. The SMILES string of the molecule is N#Cc1cnc(NC(=O)N2CCCc3cc(CNC=O)c(C=O)nc32)cc1NC1CCOC1.